The lowest BCUT2D eigenvalue weighted by atomic mass is 10.1. The van der Waals surface area contributed by atoms with Gasteiger partial charge in [-0.05, 0) is 18.5 Å². The van der Waals surface area contributed by atoms with E-state index in [1.54, 1.807) is 6.20 Å². The van der Waals surface area contributed by atoms with Gasteiger partial charge >= 0.3 is 0 Å². The second kappa shape index (κ2) is 3.98. The molecule has 0 saturated heterocycles. The summed E-state index contributed by atoms with van der Waals surface area (Å²) in [5, 5.41) is 4.49. The summed E-state index contributed by atoms with van der Waals surface area (Å²) in [7, 11) is 0. The Morgan fingerprint density at radius 3 is 2.93 bits per heavy atom. The molecule has 15 heavy (non-hydrogen) atoms. The molecule has 0 saturated carbocycles. The van der Waals surface area contributed by atoms with Crippen molar-refractivity contribution < 1.29 is 0 Å². The summed E-state index contributed by atoms with van der Waals surface area (Å²) in [6.07, 6.45) is 4.45. The highest BCUT2D eigenvalue weighted by Crippen LogP contribution is 2.16. The summed E-state index contributed by atoms with van der Waals surface area (Å²) in [6, 6.07) is 2.10. The summed E-state index contributed by atoms with van der Waals surface area (Å²) in [5.41, 5.74) is 8.75. The van der Waals surface area contributed by atoms with Crippen molar-refractivity contribution in [1.29, 1.82) is 0 Å². The van der Waals surface area contributed by atoms with Crippen LogP contribution in [0.3, 0.4) is 0 Å². The maximum absolute atomic E-state index is 5.55. The molecule has 2 rings (SSSR count). The van der Waals surface area contributed by atoms with E-state index in [1.807, 2.05) is 10.7 Å². The Bertz CT molecular complexity index is 459. The Morgan fingerprint density at radius 1 is 1.47 bits per heavy atom. The van der Waals surface area contributed by atoms with Crippen LogP contribution in [0.15, 0.2) is 18.5 Å². The van der Waals surface area contributed by atoms with Crippen LogP contribution in [0.4, 0.5) is 0 Å². The topological polar surface area (TPSA) is 56.2 Å². The average Bonchev–Trinajstić information content (AvgIpc) is 2.63. The predicted octanol–water partition coefficient (Wildman–Crippen LogP) is 1.35. The van der Waals surface area contributed by atoms with E-state index >= 15 is 0 Å². The minimum absolute atomic E-state index is 0.440. The van der Waals surface area contributed by atoms with Gasteiger partial charge in [-0.1, -0.05) is 13.8 Å². The molecule has 0 fully saturated rings. The van der Waals surface area contributed by atoms with Crippen LogP contribution in [0.2, 0.25) is 0 Å². The molecule has 0 atom stereocenters. The van der Waals surface area contributed by atoms with Gasteiger partial charge < -0.3 is 5.73 Å². The normalized spacial score (nSPS) is 11.5. The summed E-state index contributed by atoms with van der Waals surface area (Å²) >= 11 is 0. The van der Waals surface area contributed by atoms with Crippen molar-refractivity contribution in [3.05, 3.63) is 29.8 Å². The van der Waals surface area contributed by atoms with Gasteiger partial charge in [-0.15, -0.1) is 0 Å². The third-order valence-electron chi connectivity index (χ3n) is 2.46. The van der Waals surface area contributed by atoms with Crippen LogP contribution in [0.1, 0.15) is 31.2 Å². The van der Waals surface area contributed by atoms with Crippen molar-refractivity contribution in [2.75, 3.05) is 6.54 Å². The van der Waals surface area contributed by atoms with Gasteiger partial charge in [-0.25, -0.2) is 4.52 Å². The smallest absolute Gasteiger partial charge is 0.0880 e. The van der Waals surface area contributed by atoms with E-state index in [4.69, 9.17) is 5.73 Å². The largest absolute Gasteiger partial charge is 0.330 e. The van der Waals surface area contributed by atoms with Crippen LogP contribution in [-0.4, -0.2) is 21.1 Å². The fourth-order valence-electron chi connectivity index (χ4n) is 1.61. The van der Waals surface area contributed by atoms with Gasteiger partial charge in [0, 0.05) is 18.8 Å². The first-order chi connectivity index (χ1) is 7.22. The minimum atomic E-state index is 0.440. The zero-order valence-corrected chi connectivity index (χ0v) is 9.14. The van der Waals surface area contributed by atoms with Gasteiger partial charge in [-0.3, -0.25) is 4.98 Å². The first kappa shape index (κ1) is 10.1. The molecule has 2 aromatic heterocycles. The first-order valence-electron chi connectivity index (χ1n) is 5.25. The molecule has 0 aliphatic heterocycles. The van der Waals surface area contributed by atoms with Crippen LogP contribution in [0, 0.1) is 0 Å². The van der Waals surface area contributed by atoms with Gasteiger partial charge in [-0.2, -0.15) is 5.10 Å². The number of hydrogen-bond acceptors (Lipinski definition) is 3. The molecule has 2 aromatic rings. The van der Waals surface area contributed by atoms with Crippen molar-refractivity contribution in [2.45, 2.75) is 26.2 Å². The maximum Gasteiger partial charge on any atom is 0.0880 e. The summed E-state index contributed by atoms with van der Waals surface area (Å²) in [4.78, 5) is 4.33. The van der Waals surface area contributed by atoms with E-state index < -0.39 is 0 Å². The standard InChI is InChI=1S/C11H16N4/c1-8(2)10-7-11-9(3-4-12)13-5-6-15(11)14-10/h5-8H,3-4,12H2,1-2H3. The van der Waals surface area contributed by atoms with Crippen LogP contribution < -0.4 is 5.73 Å². The molecule has 4 nitrogen and oxygen atoms in total. The Morgan fingerprint density at radius 2 is 2.27 bits per heavy atom. The fourth-order valence-corrected chi connectivity index (χ4v) is 1.61. The molecule has 0 amide bonds. The monoisotopic (exact) mass is 204 g/mol. The van der Waals surface area contributed by atoms with Gasteiger partial charge in [0.1, 0.15) is 0 Å². The van der Waals surface area contributed by atoms with E-state index in [2.05, 4.69) is 30.0 Å². The lowest BCUT2D eigenvalue weighted by molar-refractivity contribution is 0.783. The van der Waals surface area contributed by atoms with Crippen molar-refractivity contribution >= 4 is 5.52 Å². The molecule has 4 heteroatoms. The molecule has 2 N–H and O–H groups in total. The summed E-state index contributed by atoms with van der Waals surface area (Å²) in [6.45, 7) is 4.89. The Balaban J connectivity index is 2.54. The molecule has 0 aliphatic carbocycles. The lowest BCUT2D eigenvalue weighted by Gasteiger charge is -1.99. The molecule has 0 aliphatic rings. The SMILES string of the molecule is CC(C)c1cc2c(CCN)nccn2n1. The van der Waals surface area contributed by atoms with Crippen molar-refractivity contribution in [3.63, 3.8) is 0 Å². The lowest BCUT2D eigenvalue weighted by Crippen LogP contribution is -2.05. The molecule has 0 bridgehead atoms. The third kappa shape index (κ3) is 1.85. The number of aromatic nitrogens is 3. The molecule has 0 unspecified atom stereocenters. The summed E-state index contributed by atoms with van der Waals surface area (Å²) in [5.74, 6) is 0.440. The zero-order chi connectivity index (χ0) is 10.8. The van der Waals surface area contributed by atoms with Crippen LogP contribution in [-0.2, 0) is 6.42 Å². The fraction of sp³-hybridized carbons (Fsp3) is 0.455. The second-order valence-electron chi connectivity index (χ2n) is 3.97. The highest BCUT2D eigenvalue weighted by Gasteiger charge is 2.08. The van der Waals surface area contributed by atoms with Crippen LogP contribution in [0.5, 0.6) is 0 Å². The van der Waals surface area contributed by atoms with Gasteiger partial charge in [0.25, 0.3) is 0 Å². The highest BCUT2D eigenvalue weighted by molar-refractivity contribution is 5.52. The van der Waals surface area contributed by atoms with Gasteiger partial charge in [0.05, 0.1) is 16.9 Å². The quantitative estimate of drug-likeness (QED) is 0.821. The zero-order valence-electron chi connectivity index (χ0n) is 9.14. The van der Waals surface area contributed by atoms with Gasteiger partial charge in [0.2, 0.25) is 0 Å². The van der Waals surface area contributed by atoms with E-state index in [-0.39, 0.29) is 0 Å². The molecular formula is C11H16N4. The van der Waals surface area contributed by atoms with E-state index in [9.17, 15) is 0 Å². The van der Waals surface area contributed by atoms with Crippen LogP contribution >= 0.6 is 0 Å². The molecule has 0 aromatic carbocycles. The van der Waals surface area contributed by atoms with Crippen molar-refractivity contribution in [2.24, 2.45) is 5.73 Å². The molecule has 0 radical (unpaired) electrons. The number of hydrogen-bond donors (Lipinski definition) is 1. The molecule has 2 heterocycles. The third-order valence-corrected chi connectivity index (χ3v) is 2.46. The number of fused-ring (bicyclic) bond motifs is 1. The average molecular weight is 204 g/mol. The maximum atomic E-state index is 5.55. The van der Waals surface area contributed by atoms with E-state index in [1.165, 1.54) is 0 Å². The molecule has 0 spiro atoms. The van der Waals surface area contributed by atoms with E-state index in [0.717, 1.165) is 23.3 Å². The Hall–Kier alpha value is -1.42. The number of nitrogens with zero attached hydrogens (tertiary/aromatic N) is 3. The Labute approximate surface area is 89.1 Å². The molecule has 80 valence electrons. The number of rotatable bonds is 3. The minimum Gasteiger partial charge on any atom is -0.330 e. The van der Waals surface area contributed by atoms with Gasteiger partial charge in [0.15, 0.2) is 0 Å². The molecular weight excluding hydrogens is 188 g/mol. The first-order valence-corrected chi connectivity index (χ1v) is 5.25. The van der Waals surface area contributed by atoms with Crippen molar-refractivity contribution in [1.82, 2.24) is 14.6 Å². The van der Waals surface area contributed by atoms with Crippen LogP contribution in [0.25, 0.3) is 5.52 Å². The Kier molecular flexibility index (Phi) is 2.68. The highest BCUT2D eigenvalue weighted by atomic mass is 15.2. The van der Waals surface area contributed by atoms with Crippen molar-refractivity contribution in [3.8, 4) is 0 Å². The second-order valence-corrected chi connectivity index (χ2v) is 3.97. The number of nitrogens with two attached hydrogens (primary N) is 1. The predicted molar refractivity (Wildman–Crippen MR) is 59.8 cm³/mol. The van der Waals surface area contributed by atoms with E-state index in [0.29, 0.717) is 12.5 Å². The summed E-state index contributed by atoms with van der Waals surface area (Å²) < 4.78 is 1.88.